The first-order valence-electron chi connectivity index (χ1n) is 7.12. The fraction of sp³-hybridized carbons (Fsp3) is 0.312. The molecule has 0 saturated heterocycles. The van der Waals surface area contributed by atoms with Crippen molar-refractivity contribution in [2.24, 2.45) is 0 Å². The first kappa shape index (κ1) is 17.3. The summed E-state index contributed by atoms with van der Waals surface area (Å²) < 4.78 is 12.9. The van der Waals surface area contributed by atoms with Crippen molar-refractivity contribution in [3.05, 3.63) is 58.4 Å². The molecule has 5 nitrogen and oxygen atoms in total. The van der Waals surface area contributed by atoms with E-state index in [0.717, 1.165) is 0 Å². The first-order chi connectivity index (χ1) is 10.9. The lowest BCUT2D eigenvalue weighted by molar-refractivity contribution is 0.0911. The van der Waals surface area contributed by atoms with Crippen LogP contribution < -0.4 is 5.32 Å². The van der Waals surface area contributed by atoms with Gasteiger partial charge in [0, 0.05) is 12.5 Å². The van der Waals surface area contributed by atoms with Crippen molar-refractivity contribution in [2.75, 3.05) is 6.54 Å². The number of hydrogen-bond donors (Lipinski definition) is 2. The lowest BCUT2D eigenvalue weighted by atomic mass is 10.1. The highest BCUT2D eigenvalue weighted by Crippen LogP contribution is 2.17. The van der Waals surface area contributed by atoms with Crippen molar-refractivity contribution in [1.82, 2.24) is 15.3 Å². The van der Waals surface area contributed by atoms with Crippen LogP contribution in [0.5, 0.6) is 0 Å². The maximum Gasteiger partial charge on any atom is 0.271 e. The number of carbonyl (C=O) groups excluding carboxylic acids is 1. The Morgan fingerprint density at radius 2 is 2.00 bits per heavy atom. The molecule has 1 unspecified atom stereocenters. The summed E-state index contributed by atoms with van der Waals surface area (Å²) in [5.74, 6) is -0.318. The van der Waals surface area contributed by atoms with Crippen LogP contribution in [-0.2, 0) is 0 Å². The number of nitrogens with one attached hydrogen (secondary N) is 1. The smallest absolute Gasteiger partial charge is 0.271 e. The minimum absolute atomic E-state index is 0.0399. The quantitative estimate of drug-likeness (QED) is 0.879. The maximum atomic E-state index is 12.9. The third-order valence-electron chi connectivity index (χ3n) is 3.20. The Bertz CT molecular complexity index is 692. The molecule has 0 bridgehead atoms. The number of benzene rings is 1. The van der Waals surface area contributed by atoms with Crippen LogP contribution in [-0.4, -0.2) is 27.5 Å². The molecule has 2 rings (SSSR count). The van der Waals surface area contributed by atoms with E-state index < -0.39 is 12.0 Å². The molecule has 1 aromatic heterocycles. The second-order valence-corrected chi connectivity index (χ2v) is 5.76. The molecule has 7 heteroatoms. The summed E-state index contributed by atoms with van der Waals surface area (Å²) in [6.45, 7) is 3.77. The van der Waals surface area contributed by atoms with Crippen LogP contribution in [0.4, 0.5) is 4.39 Å². The Labute approximate surface area is 138 Å². The van der Waals surface area contributed by atoms with E-state index >= 15 is 0 Å². The summed E-state index contributed by atoms with van der Waals surface area (Å²) in [6.07, 6.45) is 0.430. The number of rotatable bonds is 5. The van der Waals surface area contributed by atoms with Crippen LogP contribution in [0.25, 0.3) is 0 Å². The zero-order valence-electron chi connectivity index (χ0n) is 12.8. The molecule has 1 heterocycles. The summed E-state index contributed by atoms with van der Waals surface area (Å²) >= 11 is 5.96. The number of nitrogens with zero attached hydrogens (tertiary/aromatic N) is 2. The normalized spacial score (nSPS) is 12.3. The predicted octanol–water partition coefficient (Wildman–Crippen LogP) is 2.86. The minimum Gasteiger partial charge on any atom is -0.387 e. The molecular weight excluding hydrogens is 321 g/mol. The molecule has 2 N–H and O–H groups in total. The molecule has 2 aromatic rings. The average molecular weight is 338 g/mol. The lowest BCUT2D eigenvalue weighted by Crippen LogP contribution is -2.29. The van der Waals surface area contributed by atoms with Gasteiger partial charge in [-0.15, -0.1) is 0 Å². The van der Waals surface area contributed by atoms with E-state index in [4.69, 9.17) is 11.6 Å². The average Bonchev–Trinajstić information content (AvgIpc) is 2.53. The van der Waals surface area contributed by atoms with E-state index in [2.05, 4.69) is 15.3 Å². The monoisotopic (exact) mass is 337 g/mol. The number of aliphatic hydroxyl groups is 1. The summed E-state index contributed by atoms with van der Waals surface area (Å²) in [5.41, 5.74) is 0.569. The van der Waals surface area contributed by atoms with Gasteiger partial charge in [-0.25, -0.2) is 14.4 Å². The fourth-order valence-corrected chi connectivity index (χ4v) is 2.07. The number of aromatic nitrogens is 2. The fourth-order valence-electron chi connectivity index (χ4n) is 1.89. The van der Waals surface area contributed by atoms with E-state index in [1.807, 2.05) is 13.8 Å². The van der Waals surface area contributed by atoms with Crippen molar-refractivity contribution in [3.8, 4) is 0 Å². The van der Waals surface area contributed by atoms with E-state index in [9.17, 15) is 14.3 Å². The molecule has 0 radical (unpaired) electrons. The highest BCUT2D eigenvalue weighted by atomic mass is 35.5. The SMILES string of the molecule is CC(C)c1ncc(Cl)c(C(=O)NCC(O)c2ccc(F)cc2)n1. The van der Waals surface area contributed by atoms with E-state index in [1.165, 1.54) is 30.5 Å². The van der Waals surface area contributed by atoms with E-state index in [0.29, 0.717) is 11.4 Å². The number of hydrogen-bond acceptors (Lipinski definition) is 4. The lowest BCUT2D eigenvalue weighted by Gasteiger charge is -2.13. The zero-order valence-corrected chi connectivity index (χ0v) is 13.5. The predicted molar refractivity (Wildman–Crippen MR) is 84.8 cm³/mol. The van der Waals surface area contributed by atoms with Crippen LogP contribution in [0.2, 0.25) is 5.02 Å². The van der Waals surface area contributed by atoms with Gasteiger partial charge in [-0.2, -0.15) is 0 Å². The van der Waals surface area contributed by atoms with Crippen molar-refractivity contribution in [2.45, 2.75) is 25.9 Å². The van der Waals surface area contributed by atoms with Gasteiger partial charge in [0.1, 0.15) is 17.3 Å². The number of halogens is 2. The van der Waals surface area contributed by atoms with Gasteiger partial charge in [-0.1, -0.05) is 37.6 Å². The highest BCUT2D eigenvalue weighted by Gasteiger charge is 2.17. The Morgan fingerprint density at radius 3 is 2.61 bits per heavy atom. The highest BCUT2D eigenvalue weighted by molar-refractivity contribution is 6.33. The topological polar surface area (TPSA) is 75.1 Å². The van der Waals surface area contributed by atoms with E-state index in [1.54, 1.807) is 0 Å². The molecule has 1 aromatic carbocycles. The van der Waals surface area contributed by atoms with Crippen LogP contribution in [0, 0.1) is 5.82 Å². The summed E-state index contributed by atoms with van der Waals surface area (Å²) in [7, 11) is 0. The molecule has 0 saturated carbocycles. The van der Waals surface area contributed by atoms with Crippen molar-refractivity contribution < 1.29 is 14.3 Å². The molecule has 1 amide bonds. The van der Waals surface area contributed by atoms with Gasteiger partial charge in [0.25, 0.3) is 5.91 Å². The van der Waals surface area contributed by atoms with Crippen molar-refractivity contribution >= 4 is 17.5 Å². The summed E-state index contributed by atoms with van der Waals surface area (Å²) in [4.78, 5) is 20.4. The molecule has 23 heavy (non-hydrogen) atoms. The van der Waals surface area contributed by atoms with Crippen LogP contribution >= 0.6 is 11.6 Å². The van der Waals surface area contributed by atoms with Gasteiger partial charge >= 0.3 is 0 Å². The Morgan fingerprint density at radius 1 is 1.35 bits per heavy atom. The Kier molecular flexibility index (Phi) is 5.63. The summed E-state index contributed by atoms with van der Waals surface area (Å²) in [5, 5.41) is 12.7. The third-order valence-corrected chi connectivity index (χ3v) is 3.48. The number of amides is 1. The van der Waals surface area contributed by atoms with Crippen LogP contribution in [0.15, 0.2) is 30.5 Å². The van der Waals surface area contributed by atoms with Gasteiger partial charge in [0.15, 0.2) is 0 Å². The van der Waals surface area contributed by atoms with Crippen LogP contribution in [0.3, 0.4) is 0 Å². The number of carbonyl (C=O) groups is 1. The molecule has 122 valence electrons. The molecule has 0 aliphatic rings. The maximum absolute atomic E-state index is 12.9. The molecule has 1 atom stereocenters. The van der Waals surface area contributed by atoms with Gasteiger partial charge in [0.2, 0.25) is 0 Å². The van der Waals surface area contributed by atoms with Gasteiger partial charge in [-0.3, -0.25) is 4.79 Å². The van der Waals surface area contributed by atoms with Gasteiger partial charge in [-0.05, 0) is 17.7 Å². The molecule has 0 fully saturated rings. The second kappa shape index (κ2) is 7.48. The first-order valence-corrected chi connectivity index (χ1v) is 7.50. The largest absolute Gasteiger partial charge is 0.387 e. The van der Waals surface area contributed by atoms with Gasteiger partial charge in [0.05, 0.1) is 17.3 Å². The Balaban J connectivity index is 2.04. The Hall–Kier alpha value is -2.05. The van der Waals surface area contributed by atoms with Gasteiger partial charge < -0.3 is 10.4 Å². The zero-order chi connectivity index (χ0) is 17.0. The standard InChI is InChI=1S/C16H17ClFN3O2/c1-9(2)15-19-7-12(17)14(21-15)16(23)20-8-13(22)10-3-5-11(18)6-4-10/h3-7,9,13,22H,8H2,1-2H3,(H,20,23). The van der Waals surface area contributed by atoms with Crippen molar-refractivity contribution in [3.63, 3.8) is 0 Å². The number of aliphatic hydroxyl groups excluding tert-OH is 1. The summed E-state index contributed by atoms with van der Waals surface area (Å²) in [6, 6.07) is 5.41. The third kappa shape index (κ3) is 4.46. The molecule has 0 aliphatic heterocycles. The second-order valence-electron chi connectivity index (χ2n) is 5.36. The van der Waals surface area contributed by atoms with Crippen molar-refractivity contribution in [1.29, 1.82) is 0 Å². The minimum atomic E-state index is -0.954. The molecular formula is C16H17ClFN3O2. The van der Waals surface area contributed by atoms with Crippen LogP contribution in [0.1, 0.15) is 47.7 Å². The molecule has 0 aliphatic carbocycles. The van der Waals surface area contributed by atoms with E-state index in [-0.39, 0.29) is 29.0 Å². The molecule has 0 spiro atoms.